The van der Waals surface area contributed by atoms with Gasteiger partial charge >= 0.3 is 0 Å². The molecule has 24 heavy (non-hydrogen) atoms. The molecule has 0 bridgehead atoms. The van der Waals surface area contributed by atoms with E-state index in [1.165, 1.54) is 0 Å². The van der Waals surface area contributed by atoms with Crippen LogP contribution in [0.5, 0.6) is 0 Å². The van der Waals surface area contributed by atoms with Gasteiger partial charge in [0.25, 0.3) is 5.91 Å². The number of nitrogens with one attached hydrogen (secondary N) is 1. The van der Waals surface area contributed by atoms with Crippen LogP contribution in [0.2, 0.25) is 0 Å². The van der Waals surface area contributed by atoms with E-state index in [2.05, 4.69) is 20.5 Å². The van der Waals surface area contributed by atoms with Gasteiger partial charge in [0, 0.05) is 18.5 Å². The van der Waals surface area contributed by atoms with Crippen LogP contribution in [0, 0.1) is 0 Å². The molecule has 0 aliphatic heterocycles. The van der Waals surface area contributed by atoms with Crippen LogP contribution in [0.1, 0.15) is 42.2 Å². The van der Waals surface area contributed by atoms with Crippen LogP contribution < -0.4 is 5.32 Å². The van der Waals surface area contributed by atoms with E-state index < -0.39 is 0 Å². The normalized spacial score (nSPS) is 21.0. The van der Waals surface area contributed by atoms with Gasteiger partial charge in [-0.3, -0.25) is 9.48 Å². The third kappa shape index (κ3) is 2.66. The van der Waals surface area contributed by atoms with Crippen molar-refractivity contribution < 1.29 is 4.79 Å². The zero-order valence-corrected chi connectivity index (χ0v) is 13.6. The van der Waals surface area contributed by atoms with Gasteiger partial charge in [-0.15, -0.1) is 0 Å². The van der Waals surface area contributed by atoms with Gasteiger partial charge in [-0.25, -0.2) is 9.67 Å². The number of rotatable bonds is 3. The molecule has 0 saturated heterocycles. The van der Waals surface area contributed by atoms with Crippen LogP contribution in [-0.4, -0.2) is 36.5 Å². The lowest BCUT2D eigenvalue weighted by molar-refractivity contribution is 0.0917. The zero-order chi connectivity index (χ0) is 16.5. The summed E-state index contributed by atoms with van der Waals surface area (Å²) in [5, 5.41) is 12.7. The Hall–Kier alpha value is -2.70. The minimum Gasteiger partial charge on any atom is -0.348 e. The molecule has 0 atom stereocenters. The van der Waals surface area contributed by atoms with Gasteiger partial charge in [0.15, 0.2) is 5.69 Å². The molecule has 0 radical (unpaired) electrons. The molecule has 4 rings (SSSR count). The maximum atomic E-state index is 12.6. The first-order chi connectivity index (χ1) is 11.7. The Morgan fingerprint density at radius 1 is 1.21 bits per heavy atom. The van der Waals surface area contributed by atoms with E-state index in [-0.39, 0.29) is 11.9 Å². The molecule has 0 unspecified atom stereocenters. The van der Waals surface area contributed by atoms with Crippen molar-refractivity contribution in [1.82, 2.24) is 29.9 Å². The molecule has 1 N–H and O–H groups in total. The Morgan fingerprint density at radius 2 is 2.00 bits per heavy atom. The average molecular weight is 324 g/mol. The van der Waals surface area contributed by atoms with E-state index in [4.69, 9.17) is 0 Å². The minimum absolute atomic E-state index is 0.0870. The lowest BCUT2D eigenvalue weighted by Gasteiger charge is -2.28. The predicted octanol–water partition coefficient (Wildman–Crippen LogP) is 2.08. The third-order valence-electron chi connectivity index (χ3n) is 4.82. The second-order valence-electron chi connectivity index (χ2n) is 6.34. The summed E-state index contributed by atoms with van der Waals surface area (Å²) in [6, 6.07) is 8.39. The fraction of sp³-hybridized carbons (Fsp3) is 0.412. The number of amides is 1. The van der Waals surface area contributed by atoms with Crippen molar-refractivity contribution in [3.63, 3.8) is 0 Å². The van der Waals surface area contributed by atoms with Crippen molar-refractivity contribution >= 4 is 16.8 Å². The van der Waals surface area contributed by atoms with Crippen LogP contribution in [0.15, 0.2) is 36.9 Å². The number of nitrogens with zero attached hydrogens (tertiary/aromatic N) is 5. The van der Waals surface area contributed by atoms with Crippen LogP contribution in [0.4, 0.5) is 0 Å². The summed E-state index contributed by atoms with van der Waals surface area (Å²) in [6.07, 6.45) is 7.22. The van der Waals surface area contributed by atoms with Crippen LogP contribution in [0.3, 0.4) is 0 Å². The summed E-state index contributed by atoms with van der Waals surface area (Å²) in [6.45, 7) is 0. The number of aryl methyl sites for hydroxylation is 1. The number of carbonyl (C=O) groups is 1. The monoisotopic (exact) mass is 324 g/mol. The van der Waals surface area contributed by atoms with Gasteiger partial charge in [-0.05, 0) is 31.7 Å². The highest BCUT2D eigenvalue weighted by atomic mass is 16.2. The Morgan fingerprint density at radius 3 is 2.75 bits per heavy atom. The standard InChI is InChI=1S/C17H20N6O/c1-22-15-5-3-2-4-14(15)16(21-22)17(24)20-12-6-8-13(9-7-12)23-11-18-10-19-23/h2-5,10-13H,6-9H2,1H3,(H,20,24). The Balaban J connectivity index is 1.43. The van der Waals surface area contributed by atoms with Crippen molar-refractivity contribution in [2.75, 3.05) is 0 Å². The van der Waals surface area contributed by atoms with Crippen molar-refractivity contribution in [3.05, 3.63) is 42.6 Å². The van der Waals surface area contributed by atoms with Gasteiger partial charge in [-0.1, -0.05) is 18.2 Å². The quantitative estimate of drug-likeness (QED) is 0.800. The molecule has 1 aliphatic rings. The van der Waals surface area contributed by atoms with Gasteiger partial charge in [0.05, 0.1) is 11.6 Å². The molecule has 1 fully saturated rings. The number of fused-ring (bicyclic) bond motifs is 1. The topological polar surface area (TPSA) is 77.6 Å². The minimum atomic E-state index is -0.0870. The summed E-state index contributed by atoms with van der Waals surface area (Å²) >= 11 is 0. The molecule has 2 aromatic heterocycles. The molecule has 1 aliphatic carbocycles. The number of hydrogen-bond donors (Lipinski definition) is 1. The highest BCUT2D eigenvalue weighted by Gasteiger charge is 2.25. The van der Waals surface area contributed by atoms with Gasteiger partial charge in [0.2, 0.25) is 0 Å². The number of carbonyl (C=O) groups excluding carboxylic acids is 1. The molecule has 0 spiro atoms. The highest BCUT2D eigenvalue weighted by molar-refractivity contribution is 6.04. The molecule has 1 aromatic carbocycles. The van der Waals surface area contributed by atoms with E-state index in [0.717, 1.165) is 36.6 Å². The SMILES string of the molecule is Cn1nc(C(=O)NC2CCC(n3cncn3)CC2)c2ccccc21. The summed E-state index contributed by atoms with van der Waals surface area (Å²) in [5.41, 5.74) is 1.48. The lowest BCUT2D eigenvalue weighted by Crippen LogP contribution is -2.38. The van der Waals surface area contributed by atoms with E-state index >= 15 is 0 Å². The van der Waals surface area contributed by atoms with E-state index in [1.807, 2.05) is 36.0 Å². The molecule has 1 amide bonds. The smallest absolute Gasteiger partial charge is 0.272 e. The summed E-state index contributed by atoms with van der Waals surface area (Å²) < 4.78 is 3.68. The molecule has 1 saturated carbocycles. The summed E-state index contributed by atoms with van der Waals surface area (Å²) in [4.78, 5) is 16.6. The van der Waals surface area contributed by atoms with E-state index in [0.29, 0.717) is 11.7 Å². The largest absolute Gasteiger partial charge is 0.348 e. The number of aromatic nitrogens is 5. The highest BCUT2D eigenvalue weighted by Crippen LogP contribution is 2.28. The van der Waals surface area contributed by atoms with E-state index in [9.17, 15) is 4.79 Å². The first-order valence-electron chi connectivity index (χ1n) is 8.29. The van der Waals surface area contributed by atoms with Crippen LogP contribution in [-0.2, 0) is 7.05 Å². The Labute approximate surface area is 139 Å². The van der Waals surface area contributed by atoms with Crippen LogP contribution in [0.25, 0.3) is 10.9 Å². The van der Waals surface area contributed by atoms with Gasteiger partial charge in [-0.2, -0.15) is 10.2 Å². The average Bonchev–Trinajstić information content (AvgIpc) is 3.25. The predicted molar refractivity (Wildman–Crippen MR) is 89.5 cm³/mol. The zero-order valence-electron chi connectivity index (χ0n) is 13.6. The molecular formula is C17H20N6O. The second kappa shape index (κ2) is 6.07. The second-order valence-corrected chi connectivity index (χ2v) is 6.34. The first kappa shape index (κ1) is 14.9. The molecule has 2 heterocycles. The Bertz CT molecular complexity index is 845. The van der Waals surface area contributed by atoms with Crippen LogP contribution >= 0.6 is 0 Å². The number of benzene rings is 1. The van der Waals surface area contributed by atoms with Crippen molar-refractivity contribution in [1.29, 1.82) is 0 Å². The molecular weight excluding hydrogens is 304 g/mol. The molecule has 7 nitrogen and oxygen atoms in total. The summed E-state index contributed by atoms with van der Waals surface area (Å²) in [7, 11) is 1.86. The van der Waals surface area contributed by atoms with Crippen molar-refractivity contribution in [2.24, 2.45) is 7.05 Å². The van der Waals surface area contributed by atoms with E-state index in [1.54, 1.807) is 17.3 Å². The fourth-order valence-electron chi connectivity index (χ4n) is 3.53. The fourth-order valence-corrected chi connectivity index (χ4v) is 3.53. The maximum Gasteiger partial charge on any atom is 0.272 e. The van der Waals surface area contributed by atoms with Gasteiger partial charge in [0.1, 0.15) is 12.7 Å². The molecule has 7 heteroatoms. The van der Waals surface area contributed by atoms with Crippen molar-refractivity contribution in [3.8, 4) is 0 Å². The maximum absolute atomic E-state index is 12.6. The third-order valence-corrected chi connectivity index (χ3v) is 4.82. The number of hydrogen-bond acceptors (Lipinski definition) is 4. The molecule has 3 aromatic rings. The Kier molecular flexibility index (Phi) is 3.76. The van der Waals surface area contributed by atoms with Crippen molar-refractivity contribution in [2.45, 2.75) is 37.8 Å². The lowest BCUT2D eigenvalue weighted by atomic mass is 9.91. The van der Waals surface area contributed by atoms with Gasteiger partial charge < -0.3 is 5.32 Å². The summed E-state index contributed by atoms with van der Waals surface area (Å²) in [5.74, 6) is -0.0870. The molecule has 124 valence electrons. The number of para-hydroxylation sites is 1. The first-order valence-corrected chi connectivity index (χ1v) is 8.29.